The molecule has 0 saturated carbocycles. The lowest BCUT2D eigenvalue weighted by Crippen LogP contribution is -2.19. The lowest BCUT2D eigenvalue weighted by Gasteiger charge is -2.13. The first-order chi connectivity index (χ1) is 8.70. The number of carbonyl (C=O) groups is 2. The summed E-state index contributed by atoms with van der Waals surface area (Å²) in [5.41, 5.74) is 1.04. The molecule has 0 bridgehead atoms. The minimum Gasteiger partial charge on any atom is -0.478 e. The first-order valence-electron chi connectivity index (χ1n) is 5.28. The van der Waals surface area contributed by atoms with E-state index in [2.05, 4.69) is 0 Å². The highest BCUT2D eigenvalue weighted by molar-refractivity contribution is 5.87. The molecule has 0 aliphatic rings. The van der Waals surface area contributed by atoms with Crippen LogP contribution in [0.15, 0.2) is 47.1 Å². The summed E-state index contributed by atoms with van der Waals surface area (Å²) in [6.45, 7) is 0.330. The zero-order valence-electron chi connectivity index (χ0n) is 9.45. The van der Waals surface area contributed by atoms with Crippen molar-refractivity contribution in [3.8, 4) is 0 Å². The van der Waals surface area contributed by atoms with Crippen LogP contribution in [0.4, 0.5) is 5.88 Å². The van der Waals surface area contributed by atoms with E-state index in [9.17, 15) is 9.59 Å². The molecule has 0 radical (unpaired) electrons. The first kappa shape index (κ1) is 11.9. The molecular formula is C13H11NO4. The number of benzene rings is 1. The van der Waals surface area contributed by atoms with Crippen molar-refractivity contribution in [1.82, 2.24) is 0 Å². The lowest BCUT2D eigenvalue weighted by molar-refractivity contribution is -0.107. The molecule has 0 atom stereocenters. The van der Waals surface area contributed by atoms with Crippen LogP contribution in [-0.4, -0.2) is 17.5 Å². The van der Waals surface area contributed by atoms with E-state index in [1.165, 1.54) is 23.3 Å². The summed E-state index contributed by atoms with van der Waals surface area (Å²) in [5.74, 6) is -0.521. The quantitative estimate of drug-likeness (QED) is 0.819. The molecule has 0 saturated heterocycles. The summed E-state index contributed by atoms with van der Waals surface area (Å²) in [4.78, 5) is 23.0. The third kappa shape index (κ3) is 2.57. The van der Waals surface area contributed by atoms with Gasteiger partial charge in [-0.25, -0.2) is 4.79 Å². The molecule has 1 amide bonds. The van der Waals surface area contributed by atoms with Gasteiger partial charge in [0.1, 0.15) is 0 Å². The van der Waals surface area contributed by atoms with Crippen LogP contribution in [0.3, 0.4) is 0 Å². The molecule has 1 aromatic carbocycles. The Morgan fingerprint density at radius 3 is 2.50 bits per heavy atom. The zero-order chi connectivity index (χ0) is 13.0. The number of rotatable bonds is 5. The fraction of sp³-hybridized carbons (Fsp3) is 0.0769. The first-order valence-corrected chi connectivity index (χ1v) is 5.28. The van der Waals surface area contributed by atoms with E-state index in [1.54, 1.807) is 24.3 Å². The minimum atomic E-state index is -0.972. The summed E-state index contributed by atoms with van der Waals surface area (Å²) < 4.78 is 5.12. The highest BCUT2D eigenvalue weighted by Crippen LogP contribution is 2.16. The molecule has 2 aromatic rings. The number of nitrogens with zero attached hydrogens (tertiary/aromatic N) is 1. The van der Waals surface area contributed by atoms with Gasteiger partial charge in [-0.3, -0.25) is 9.69 Å². The Morgan fingerprint density at radius 1 is 1.28 bits per heavy atom. The average molecular weight is 245 g/mol. The zero-order valence-corrected chi connectivity index (χ0v) is 9.45. The van der Waals surface area contributed by atoms with Crippen molar-refractivity contribution >= 4 is 18.3 Å². The second kappa shape index (κ2) is 5.18. The smallest absolute Gasteiger partial charge is 0.335 e. The molecule has 1 N–H and O–H groups in total. The topological polar surface area (TPSA) is 70.8 Å². The third-order valence-corrected chi connectivity index (χ3v) is 2.47. The van der Waals surface area contributed by atoms with Crippen LogP contribution >= 0.6 is 0 Å². The monoisotopic (exact) mass is 245 g/mol. The van der Waals surface area contributed by atoms with Gasteiger partial charge in [-0.2, -0.15) is 0 Å². The molecule has 0 aliphatic heterocycles. The maximum Gasteiger partial charge on any atom is 0.335 e. The van der Waals surface area contributed by atoms with E-state index < -0.39 is 5.97 Å². The van der Waals surface area contributed by atoms with Crippen LogP contribution in [0.1, 0.15) is 15.9 Å². The summed E-state index contributed by atoms with van der Waals surface area (Å²) in [6.07, 6.45) is 2.16. The number of aromatic carboxylic acids is 1. The second-order valence-electron chi connectivity index (χ2n) is 3.69. The van der Waals surface area contributed by atoms with Crippen LogP contribution in [0, 0.1) is 0 Å². The number of amides is 1. The van der Waals surface area contributed by atoms with E-state index in [0.717, 1.165) is 5.56 Å². The van der Waals surface area contributed by atoms with Gasteiger partial charge in [0.25, 0.3) is 0 Å². The Balaban J connectivity index is 2.13. The van der Waals surface area contributed by atoms with Gasteiger partial charge in [0.15, 0.2) is 0 Å². The van der Waals surface area contributed by atoms with E-state index in [0.29, 0.717) is 18.8 Å². The number of furan rings is 1. The number of carboxylic acids is 1. The van der Waals surface area contributed by atoms with Crippen LogP contribution in [0.25, 0.3) is 0 Å². The Hall–Kier alpha value is -2.56. The van der Waals surface area contributed by atoms with Gasteiger partial charge in [-0.15, -0.1) is 0 Å². The molecule has 18 heavy (non-hydrogen) atoms. The van der Waals surface area contributed by atoms with Crippen LogP contribution < -0.4 is 4.90 Å². The molecule has 0 aliphatic carbocycles. The fourth-order valence-electron chi connectivity index (χ4n) is 1.55. The minimum absolute atomic E-state index is 0.217. The molecule has 2 rings (SSSR count). The van der Waals surface area contributed by atoms with Gasteiger partial charge in [-0.1, -0.05) is 12.1 Å². The molecule has 0 unspecified atom stereocenters. The van der Waals surface area contributed by atoms with Gasteiger partial charge in [0.05, 0.1) is 18.4 Å². The largest absolute Gasteiger partial charge is 0.478 e. The SMILES string of the molecule is O=CN(Cc1ccc(C(=O)O)cc1)c1ccco1. The Morgan fingerprint density at radius 2 is 2.00 bits per heavy atom. The predicted molar refractivity (Wildman–Crippen MR) is 64.4 cm³/mol. The normalized spacial score (nSPS) is 10.0. The molecule has 0 spiro atoms. The highest BCUT2D eigenvalue weighted by Gasteiger charge is 2.09. The van der Waals surface area contributed by atoms with Crippen molar-refractivity contribution in [1.29, 1.82) is 0 Å². The summed E-state index contributed by atoms with van der Waals surface area (Å²) >= 11 is 0. The second-order valence-corrected chi connectivity index (χ2v) is 3.69. The molecule has 5 heteroatoms. The Bertz CT molecular complexity index is 531. The van der Waals surface area contributed by atoms with Gasteiger partial charge in [0.2, 0.25) is 12.3 Å². The van der Waals surface area contributed by atoms with Crippen molar-refractivity contribution < 1.29 is 19.1 Å². The number of anilines is 1. The number of carboxylic acid groups (broad SMARTS) is 1. The van der Waals surface area contributed by atoms with E-state index in [4.69, 9.17) is 9.52 Å². The maximum absolute atomic E-state index is 11.0. The number of carbonyl (C=O) groups excluding carboxylic acids is 1. The van der Waals surface area contributed by atoms with E-state index >= 15 is 0 Å². The van der Waals surface area contributed by atoms with Crippen molar-refractivity contribution in [2.24, 2.45) is 0 Å². The molecule has 1 aromatic heterocycles. The van der Waals surface area contributed by atoms with E-state index in [1.807, 2.05) is 0 Å². The van der Waals surface area contributed by atoms with Gasteiger partial charge < -0.3 is 9.52 Å². The highest BCUT2D eigenvalue weighted by atomic mass is 16.4. The predicted octanol–water partition coefficient (Wildman–Crippen LogP) is 2.14. The molecule has 5 nitrogen and oxygen atoms in total. The molecule has 1 heterocycles. The molecule has 0 fully saturated rings. The van der Waals surface area contributed by atoms with Crippen molar-refractivity contribution in [3.63, 3.8) is 0 Å². The summed E-state index contributed by atoms with van der Waals surface area (Å²) in [7, 11) is 0. The van der Waals surface area contributed by atoms with Gasteiger partial charge >= 0.3 is 5.97 Å². The molecule has 92 valence electrons. The maximum atomic E-state index is 11.0. The number of hydrogen-bond acceptors (Lipinski definition) is 3. The molecular weight excluding hydrogens is 234 g/mol. The van der Waals surface area contributed by atoms with Gasteiger partial charge in [0, 0.05) is 6.07 Å². The third-order valence-electron chi connectivity index (χ3n) is 2.47. The summed E-state index contributed by atoms with van der Waals surface area (Å²) in [5, 5.41) is 8.77. The van der Waals surface area contributed by atoms with Crippen molar-refractivity contribution in [2.75, 3.05) is 4.90 Å². The average Bonchev–Trinajstić information content (AvgIpc) is 2.90. The number of hydrogen-bond donors (Lipinski definition) is 1. The van der Waals surface area contributed by atoms with Crippen molar-refractivity contribution in [2.45, 2.75) is 6.54 Å². The van der Waals surface area contributed by atoms with E-state index in [-0.39, 0.29) is 5.56 Å². The van der Waals surface area contributed by atoms with Crippen LogP contribution in [0.2, 0.25) is 0 Å². The fourth-order valence-corrected chi connectivity index (χ4v) is 1.55. The Kier molecular flexibility index (Phi) is 3.43. The van der Waals surface area contributed by atoms with Crippen molar-refractivity contribution in [3.05, 3.63) is 53.8 Å². The lowest BCUT2D eigenvalue weighted by atomic mass is 10.1. The summed E-state index contributed by atoms with van der Waals surface area (Å²) in [6, 6.07) is 9.72. The standard InChI is InChI=1S/C13H11NO4/c15-9-14(12-2-1-7-18-12)8-10-3-5-11(6-4-10)13(16)17/h1-7,9H,8H2,(H,16,17). The van der Waals surface area contributed by atoms with Crippen LogP contribution in [0.5, 0.6) is 0 Å². The van der Waals surface area contributed by atoms with Gasteiger partial charge in [-0.05, 0) is 23.8 Å². The van der Waals surface area contributed by atoms with Crippen LogP contribution in [-0.2, 0) is 11.3 Å². The Labute approximate surface area is 103 Å².